The second-order valence-electron chi connectivity index (χ2n) is 5.61. The lowest BCUT2D eigenvalue weighted by Crippen LogP contribution is -2.10. The minimum atomic E-state index is -0.0519. The van der Waals surface area contributed by atoms with Crippen LogP contribution in [0.5, 0.6) is 0 Å². The van der Waals surface area contributed by atoms with Crippen LogP contribution in [-0.4, -0.2) is 15.0 Å². The number of rotatable bonds is 3. The minimum absolute atomic E-state index is 0.0519. The Morgan fingerprint density at radius 3 is 2.83 bits per heavy atom. The Morgan fingerprint density at radius 2 is 1.96 bits per heavy atom. The number of aromatic nitrogens is 3. The Balaban J connectivity index is 1.63. The lowest BCUT2D eigenvalue weighted by Gasteiger charge is -2.03. The molecular formula is C18H15N3OS2. The summed E-state index contributed by atoms with van der Waals surface area (Å²) in [6, 6.07) is 12.1. The van der Waals surface area contributed by atoms with Crippen LogP contribution in [0, 0.1) is 13.8 Å². The molecular weight excluding hydrogens is 338 g/mol. The molecule has 0 aliphatic carbocycles. The maximum absolute atomic E-state index is 12.3. The molecule has 0 spiro atoms. The molecule has 0 aliphatic heterocycles. The molecule has 1 aromatic carbocycles. The summed E-state index contributed by atoms with van der Waals surface area (Å²) in [5.41, 5.74) is 1.95. The Kier molecular flexibility index (Phi) is 3.86. The van der Waals surface area contributed by atoms with Crippen LogP contribution in [0.2, 0.25) is 0 Å². The van der Waals surface area contributed by atoms with Crippen molar-refractivity contribution in [2.75, 3.05) is 0 Å². The zero-order valence-corrected chi connectivity index (χ0v) is 14.9. The van der Waals surface area contributed by atoms with Gasteiger partial charge in [-0.2, -0.15) is 0 Å². The molecule has 3 aromatic heterocycles. The maximum atomic E-state index is 12.3. The number of nitrogens with zero attached hydrogens (tertiary/aromatic N) is 2. The zero-order valence-electron chi connectivity index (χ0n) is 13.3. The molecule has 0 saturated heterocycles. The summed E-state index contributed by atoms with van der Waals surface area (Å²) in [7, 11) is 0. The van der Waals surface area contributed by atoms with Gasteiger partial charge in [0.05, 0.1) is 21.7 Å². The Hall–Kier alpha value is -2.18. The summed E-state index contributed by atoms with van der Waals surface area (Å²) >= 11 is 3.15. The molecule has 0 unspecified atom stereocenters. The Bertz CT molecular complexity index is 1110. The highest BCUT2D eigenvalue weighted by molar-refractivity contribution is 7.98. The van der Waals surface area contributed by atoms with E-state index in [1.165, 1.54) is 0 Å². The first-order valence-corrected chi connectivity index (χ1v) is 9.39. The topological polar surface area (TPSA) is 58.6 Å². The number of hydrogen-bond acceptors (Lipinski definition) is 5. The maximum Gasteiger partial charge on any atom is 0.259 e. The summed E-state index contributed by atoms with van der Waals surface area (Å²) in [5.74, 6) is 1.28. The summed E-state index contributed by atoms with van der Waals surface area (Å²) in [5, 5.41) is 2.77. The third-order valence-corrected chi connectivity index (χ3v) is 6.06. The van der Waals surface area contributed by atoms with Gasteiger partial charge >= 0.3 is 0 Å². The van der Waals surface area contributed by atoms with Gasteiger partial charge in [-0.15, -0.1) is 11.3 Å². The van der Waals surface area contributed by atoms with E-state index in [0.29, 0.717) is 11.6 Å². The van der Waals surface area contributed by atoms with Crippen molar-refractivity contribution in [3.63, 3.8) is 0 Å². The molecule has 6 heteroatoms. The molecule has 120 valence electrons. The van der Waals surface area contributed by atoms with Gasteiger partial charge in [0.2, 0.25) is 0 Å². The standard InChI is InChI=1S/C18H15N3OS2/c1-10-11(2)24-18-16(10)17(22)20-14(21-18)9-23-15-8-7-12-5-3-4-6-13(12)19-15/h3-8H,9H2,1-2H3,(H,20,21,22). The summed E-state index contributed by atoms with van der Waals surface area (Å²) in [6.45, 7) is 3.99. The molecule has 4 rings (SSSR count). The molecule has 0 saturated carbocycles. The predicted octanol–water partition coefficient (Wildman–Crippen LogP) is 4.44. The molecule has 4 nitrogen and oxygen atoms in total. The summed E-state index contributed by atoms with van der Waals surface area (Å²) < 4.78 is 0. The first-order chi connectivity index (χ1) is 11.6. The number of thiophene rings is 1. The van der Waals surface area contributed by atoms with E-state index >= 15 is 0 Å². The third-order valence-electron chi connectivity index (χ3n) is 4.02. The Labute approximate surface area is 147 Å². The van der Waals surface area contributed by atoms with Gasteiger partial charge in [0.1, 0.15) is 10.7 Å². The van der Waals surface area contributed by atoms with Crippen LogP contribution in [0.3, 0.4) is 0 Å². The number of fused-ring (bicyclic) bond motifs is 2. The van der Waals surface area contributed by atoms with Gasteiger partial charge in [0.25, 0.3) is 5.56 Å². The van der Waals surface area contributed by atoms with Gasteiger partial charge in [0.15, 0.2) is 0 Å². The second kappa shape index (κ2) is 6.03. The van der Waals surface area contributed by atoms with E-state index in [0.717, 1.165) is 36.6 Å². The van der Waals surface area contributed by atoms with E-state index in [1.54, 1.807) is 23.1 Å². The lowest BCUT2D eigenvalue weighted by atomic mass is 10.2. The van der Waals surface area contributed by atoms with Gasteiger partial charge in [-0.1, -0.05) is 36.0 Å². The van der Waals surface area contributed by atoms with Crippen molar-refractivity contribution in [3.8, 4) is 0 Å². The number of hydrogen-bond donors (Lipinski definition) is 1. The smallest absolute Gasteiger partial charge is 0.259 e. The summed E-state index contributed by atoms with van der Waals surface area (Å²) in [6.07, 6.45) is 0. The van der Waals surface area contributed by atoms with E-state index < -0.39 is 0 Å². The van der Waals surface area contributed by atoms with Crippen molar-refractivity contribution >= 4 is 44.2 Å². The summed E-state index contributed by atoms with van der Waals surface area (Å²) in [4.78, 5) is 26.4. The molecule has 4 aromatic rings. The fourth-order valence-corrected chi connectivity index (χ4v) is 4.43. The number of aromatic amines is 1. The van der Waals surface area contributed by atoms with E-state index in [4.69, 9.17) is 0 Å². The first kappa shape index (κ1) is 15.4. The van der Waals surface area contributed by atoms with Crippen molar-refractivity contribution in [2.45, 2.75) is 24.6 Å². The number of H-pyrrole nitrogens is 1. The lowest BCUT2D eigenvalue weighted by molar-refractivity contribution is 1.04. The van der Waals surface area contributed by atoms with E-state index in [2.05, 4.69) is 21.0 Å². The normalized spacial score (nSPS) is 11.4. The van der Waals surface area contributed by atoms with E-state index in [1.807, 2.05) is 44.2 Å². The van der Waals surface area contributed by atoms with Crippen LogP contribution in [0.4, 0.5) is 0 Å². The van der Waals surface area contributed by atoms with Gasteiger partial charge in [-0.05, 0) is 31.5 Å². The molecule has 0 amide bonds. The predicted molar refractivity (Wildman–Crippen MR) is 101 cm³/mol. The minimum Gasteiger partial charge on any atom is -0.309 e. The molecule has 3 heterocycles. The van der Waals surface area contributed by atoms with Crippen molar-refractivity contribution in [3.05, 3.63) is 63.0 Å². The first-order valence-electron chi connectivity index (χ1n) is 7.59. The zero-order chi connectivity index (χ0) is 16.7. The number of pyridine rings is 1. The van der Waals surface area contributed by atoms with Crippen LogP contribution in [-0.2, 0) is 5.75 Å². The quantitative estimate of drug-likeness (QED) is 0.553. The number of para-hydroxylation sites is 1. The van der Waals surface area contributed by atoms with E-state index in [-0.39, 0.29) is 5.56 Å². The highest BCUT2D eigenvalue weighted by Crippen LogP contribution is 2.27. The van der Waals surface area contributed by atoms with Crippen LogP contribution in [0.1, 0.15) is 16.3 Å². The Morgan fingerprint density at radius 1 is 1.12 bits per heavy atom. The van der Waals surface area contributed by atoms with Crippen molar-refractivity contribution < 1.29 is 0 Å². The highest BCUT2D eigenvalue weighted by atomic mass is 32.2. The molecule has 0 atom stereocenters. The van der Waals surface area contributed by atoms with Crippen LogP contribution >= 0.6 is 23.1 Å². The van der Waals surface area contributed by atoms with E-state index in [9.17, 15) is 4.79 Å². The number of thioether (sulfide) groups is 1. The van der Waals surface area contributed by atoms with Crippen LogP contribution < -0.4 is 5.56 Å². The molecule has 24 heavy (non-hydrogen) atoms. The largest absolute Gasteiger partial charge is 0.309 e. The fourth-order valence-electron chi connectivity index (χ4n) is 2.64. The average molecular weight is 353 g/mol. The molecule has 0 aliphatic rings. The van der Waals surface area contributed by atoms with Gasteiger partial charge < -0.3 is 4.98 Å². The molecule has 0 bridgehead atoms. The monoisotopic (exact) mass is 353 g/mol. The molecule has 0 fully saturated rings. The average Bonchev–Trinajstić information content (AvgIpc) is 2.87. The fraction of sp³-hybridized carbons (Fsp3) is 0.167. The van der Waals surface area contributed by atoms with Crippen molar-refractivity contribution in [2.24, 2.45) is 0 Å². The number of nitrogens with one attached hydrogen (secondary N) is 1. The van der Waals surface area contributed by atoms with Gasteiger partial charge in [-0.25, -0.2) is 9.97 Å². The van der Waals surface area contributed by atoms with Crippen molar-refractivity contribution in [1.82, 2.24) is 15.0 Å². The van der Waals surface area contributed by atoms with Crippen molar-refractivity contribution in [1.29, 1.82) is 0 Å². The van der Waals surface area contributed by atoms with Crippen LogP contribution in [0.15, 0.2) is 46.2 Å². The SMILES string of the molecule is Cc1sc2nc(CSc3ccc4ccccc4n3)[nH]c(=O)c2c1C. The molecule has 1 N–H and O–H groups in total. The second-order valence-corrected chi connectivity index (χ2v) is 7.81. The van der Waals surface area contributed by atoms with Gasteiger partial charge in [0, 0.05) is 10.3 Å². The molecule has 0 radical (unpaired) electrons. The number of aryl methyl sites for hydroxylation is 2. The highest BCUT2D eigenvalue weighted by Gasteiger charge is 2.12. The third kappa shape index (κ3) is 2.72. The van der Waals surface area contributed by atoms with Gasteiger partial charge in [-0.3, -0.25) is 4.79 Å². The van der Waals surface area contributed by atoms with Crippen LogP contribution in [0.25, 0.3) is 21.1 Å². The number of benzene rings is 1.